The van der Waals surface area contributed by atoms with Gasteiger partial charge in [0, 0.05) is 6.61 Å². The largest absolute Gasteiger partial charge is 0.464 e. The van der Waals surface area contributed by atoms with Crippen LogP contribution < -0.4 is 10.6 Å². The first-order valence-corrected chi connectivity index (χ1v) is 11.8. The number of hydrogen-bond donors (Lipinski definition) is 2. The molecule has 0 bridgehead atoms. The van der Waals surface area contributed by atoms with Gasteiger partial charge in [-0.1, -0.05) is 27.2 Å². The summed E-state index contributed by atoms with van der Waals surface area (Å²) in [6.07, 6.45) is 3.50. The number of amides is 2. The Labute approximate surface area is 210 Å². The number of methoxy groups -OCH3 is 1. The Morgan fingerprint density at radius 3 is 2.28 bits per heavy atom. The maximum atomic E-state index is 13.0. The third-order valence-corrected chi connectivity index (χ3v) is 4.81. The predicted octanol–water partition coefficient (Wildman–Crippen LogP) is 3.96. The van der Waals surface area contributed by atoms with Gasteiger partial charge < -0.3 is 33.7 Å². The highest BCUT2D eigenvalue weighted by Crippen LogP contribution is 2.23. The Morgan fingerprint density at radius 1 is 1.03 bits per heavy atom. The first-order chi connectivity index (χ1) is 16.9. The van der Waals surface area contributed by atoms with E-state index in [2.05, 4.69) is 25.3 Å². The van der Waals surface area contributed by atoms with Crippen molar-refractivity contribution in [1.29, 1.82) is 0 Å². The summed E-state index contributed by atoms with van der Waals surface area (Å²) in [4.78, 5) is 45.3. The van der Waals surface area contributed by atoms with E-state index in [1.165, 1.54) is 13.4 Å². The van der Waals surface area contributed by atoms with Gasteiger partial charge in [-0.2, -0.15) is 0 Å². The van der Waals surface area contributed by atoms with E-state index in [4.69, 9.17) is 18.3 Å². The topological polar surface area (TPSA) is 155 Å². The van der Waals surface area contributed by atoms with Crippen LogP contribution in [-0.4, -0.2) is 53.9 Å². The Balaban J connectivity index is 2.16. The number of esters is 1. The van der Waals surface area contributed by atoms with Gasteiger partial charge in [0.25, 0.3) is 5.91 Å². The number of unbranched alkanes of at least 4 members (excludes halogenated alkanes) is 1. The van der Waals surface area contributed by atoms with E-state index in [-0.39, 0.29) is 35.7 Å². The van der Waals surface area contributed by atoms with E-state index >= 15 is 0 Å². The second-order valence-electron chi connectivity index (χ2n) is 9.46. The molecule has 2 N–H and O–H groups in total. The zero-order valence-corrected chi connectivity index (χ0v) is 21.9. The first-order valence-electron chi connectivity index (χ1n) is 11.8. The molecule has 0 radical (unpaired) electrons. The standard InChI is InChI=1S/C24H36N4O8/c1-8-9-10-33-11-16(20-27-17(13-34-20)22(30)32-7)25-19(29)15-12-35-21(26-15)18(14(2)3)28-23(31)36-24(4,5)6/h12-14,16,18H,8-11H2,1-7H3,(H,25,29)(H,28,31). The number of carbonyl (C=O) groups excluding carboxylic acids is 3. The molecule has 2 unspecified atom stereocenters. The van der Waals surface area contributed by atoms with Crippen LogP contribution in [0.5, 0.6) is 0 Å². The molecule has 2 aromatic rings. The van der Waals surface area contributed by atoms with Crippen LogP contribution in [0, 0.1) is 5.92 Å². The van der Waals surface area contributed by atoms with Gasteiger partial charge in [0.15, 0.2) is 11.4 Å². The van der Waals surface area contributed by atoms with Crippen LogP contribution in [0.1, 0.15) is 99.2 Å². The van der Waals surface area contributed by atoms with Crippen LogP contribution in [0.3, 0.4) is 0 Å². The van der Waals surface area contributed by atoms with Gasteiger partial charge in [0.2, 0.25) is 11.8 Å². The molecule has 2 rings (SSSR count). The zero-order chi connectivity index (χ0) is 26.9. The number of oxazole rings is 2. The van der Waals surface area contributed by atoms with Crippen LogP contribution in [-0.2, 0) is 14.2 Å². The van der Waals surface area contributed by atoms with E-state index in [0.717, 1.165) is 19.1 Å². The molecule has 2 heterocycles. The number of alkyl carbamates (subject to hydrolysis) is 1. The molecule has 200 valence electrons. The molecule has 12 nitrogen and oxygen atoms in total. The molecule has 0 aliphatic rings. The molecular weight excluding hydrogens is 472 g/mol. The average molecular weight is 509 g/mol. The smallest absolute Gasteiger partial charge is 0.408 e. The van der Waals surface area contributed by atoms with Gasteiger partial charge in [0.05, 0.1) is 13.7 Å². The minimum Gasteiger partial charge on any atom is -0.464 e. The molecule has 2 aromatic heterocycles. The van der Waals surface area contributed by atoms with Crippen molar-refractivity contribution in [3.05, 3.63) is 35.7 Å². The third kappa shape index (κ3) is 8.67. The van der Waals surface area contributed by atoms with E-state index in [9.17, 15) is 14.4 Å². The number of hydrogen-bond acceptors (Lipinski definition) is 10. The minimum atomic E-state index is -0.798. The van der Waals surface area contributed by atoms with Crippen LogP contribution >= 0.6 is 0 Å². The molecule has 36 heavy (non-hydrogen) atoms. The van der Waals surface area contributed by atoms with Crippen LogP contribution in [0.25, 0.3) is 0 Å². The first kappa shape index (κ1) is 28.8. The fourth-order valence-electron chi connectivity index (χ4n) is 2.98. The van der Waals surface area contributed by atoms with E-state index in [0.29, 0.717) is 6.61 Å². The lowest BCUT2D eigenvalue weighted by Gasteiger charge is -2.24. The number of rotatable bonds is 12. The monoisotopic (exact) mass is 508 g/mol. The third-order valence-electron chi connectivity index (χ3n) is 4.81. The summed E-state index contributed by atoms with van der Waals surface area (Å²) >= 11 is 0. The Bertz CT molecular complexity index is 1010. The van der Waals surface area contributed by atoms with Crippen molar-refractivity contribution in [3.8, 4) is 0 Å². The van der Waals surface area contributed by atoms with Crippen molar-refractivity contribution in [2.24, 2.45) is 5.92 Å². The minimum absolute atomic E-state index is 0.0139. The molecule has 0 aliphatic carbocycles. The van der Waals surface area contributed by atoms with Crippen molar-refractivity contribution < 1.29 is 37.4 Å². The molecule has 0 fully saturated rings. The molecule has 0 saturated heterocycles. The highest BCUT2D eigenvalue weighted by molar-refractivity contribution is 5.92. The molecule has 2 amide bonds. The Kier molecular flexibility index (Phi) is 10.5. The second-order valence-corrected chi connectivity index (χ2v) is 9.46. The molecular formula is C24H36N4O8. The molecule has 12 heteroatoms. The lowest BCUT2D eigenvalue weighted by Crippen LogP contribution is -2.37. The summed E-state index contributed by atoms with van der Waals surface area (Å²) < 4.78 is 26.5. The summed E-state index contributed by atoms with van der Waals surface area (Å²) in [7, 11) is 1.23. The van der Waals surface area contributed by atoms with Crippen molar-refractivity contribution in [2.45, 2.75) is 72.1 Å². The number of carbonyl (C=O) groups is 3. The molecule has 0 aromatic carbocycles. The number of nitrogens with one attached hydrogen (secondary N) is 2. The van der Waals surface area contributed by atoms with E-state index in [1.807, 2.05) is 20.8 Å². The molecule has 0 spiro atoms. The van der Waals surface area contributed by atoms with Crippen molar-refractivity contribution in [1.82, 2.24) is 20.6 Å². The zero-order valence-electron chi connectivity index (χ0n) is 21.9. The lowest BCUT2D eigenvalue weighted by atomic mass is 10.0. The van der Waals surface area contributed by atoms with Crippen LogP contribution in [0.15, 0.2) is 21.4 Å². The molecule has 2 atom stereocenters. The second kappa shape index (κ2) is 13.1. The average Bonchev–Trinajstić information content (AvgIpc) is 3.48. The number of aromatic nitrogens is 2. The van der Waals surface area contributed by atoms with Gasteiger partial charge >= 0.3 is 12.1 Å². The van der Waals surface area contributed by atoms with Gasteiger partial charge in [-0.25, -0.2) is 19.6 Å². The van der Waals surface area contributed by atoms with Crippen LogP contribution in [0.2, 0.25) is 0 Å². The number of ether oxygens (including phenoxy) is 3. The summed E-state index contributed by atoms with van der Waals surface area (Å²) in [5, 5.41) is 5.47. The quantitative estimate of drug-likeness (QED) is 0.318. The highest BCUT2D eigenvalue weighted by Gasteiger charge is 2.29. The SMILES string of the molecule is CCCCOCC(NC(=O)c1coc(C(NC(=O)OC(C)(C)C)C(C)C)n1)c1nc(C(=O)OC)co1. The van der Waals surface area contributed by atoms with Crippen molar-refractivity contribution in [3.63, 3.8) is 0 Å². The number of nitrogens with zero attached hydrogens (tertiary/aromatic N) is 2. The van der Waals surface area contributed by atoms with E-state index < -0.39 is 35.7 Å². The maximum Gasteiger partial charge on any atom is 0.408 e. The predicted molar refractivity (Wildman–Crippen MR) is 127 cm³/mol. The van der Waals surface area contributed by atoms with Gasteiger partial charge in [0.1, 0.15) is 30.2 Å². The fraction of sp³-hybridized carbons (Fsp3) is 0.625. The van der Waals surface area contributed by atoms with Crippen molar-refractivity contribution >= 4 is 18.0 Å². The maximum absolute atomic E-state index is 13.0. The van der Waals surface area contributed by atoms with E-state index in [1.54, 1.807) is 20.8 Å². The van der Waals surface area contributed by atoms with Crippen molar-refractivity contribution in [2.75, 3.05) is 20.3 Å². The van der Waals surface area contributed by atoms with Gasteiger partial charge in [-0.15, -0.1) is 0 Å². The Morgan fingerprint density at radius 2 is 1.67 bits per heavy atom. The lowest BCUT2D eigenvalue weighted by molar-refractivity contribution is 0.0478. The van der Waals surface area contributed by atoms with Gasteiger partial charge in [-0.3, -0.25) is 4.79 Å². The fourth-order valence-corrected chi connectivity index (χ4v) is 2.98. The summed E-state index contributed by atoms with van der Waals surface area (Å²) in [5.41, 5.74) is -0.716. The summed E-state index contributed by atoms with van der Waals surface area (Å²) in [5.74, 6) is -1.11. The van der Waals surface area contributed by atoms with Crippen LogP contribution in [0.4, 0.5) is 4.79 Å². The molecule has 0 aliphatic heterocycles. The summed E-state index contributed by atoms with van der Waals surface area (Å²) in [6.45, 7) is 11.6. The summed E-state index contributed by atoms with van der Waals surface area (Å²) in [6, 6.07) is -1.42. The van der Waals surface area contributed by atoms with Gasteiger partial charge in [-0.05, 0) is 33.1 Å². The normalized spacial score (nSPS) is 13.2. The highest BCUT2D eigenvalue weighted by atomic mass is 16.6. The Hall–Kier alpha value is -3.41. The molecule has 0 saturated carbocycles.